The summed E-state index contributed by atoms with van der Waals surface area (Å²) in [4.78, 5) is 7.99. The predicted molar refractivity (Wildman–Crippen MR) is 89.7 cm³/mol. The van der Waals surface area contributed by atoms with Gasteiger partial charge in [0.15, 0.2) is 5.65 Å². The van der Waals surface area contributed by atoms with E-state index in [0.717, 1.165) is 31.2 Å². The van der Waals surface area contributed by atoms with E-state index in [-0.39, 0.29) is 5.41 Å². The number of fused-ring (bicyclic) bond motifs is 1. The van der Waals surface area contributed by atoms with Crippen LogP contribution in [0.25, 0.3) is 5.65 Å². The molecule has 1 aliphatic carbocycles. The third kappa shape index (κ3) is 2.94. The Labute approximate surface area is 138 Å². The fraction of sp³-hybridized carbons (Fsp3) is 0.438. The Kier molecular flexibility index (Phi) is 3.74. The molecular weight excluding hydrogens is 310 g/mol. The maximum absolute atomic E-state index is 5.44. The van der Waals surface area contributed by atoms with Crippen LogP contribution in [0.2, 0.25) is 0 Å². The standard InChI is InChI=1S/C16H19N5OS/c1-22-12-16(5-6-16)11-20(10-13-2-9-19-23-13)15-4-7-17-14-3-8-18-21(14)15/h2-4,7-9H,5-6,10-12H2,1H3. The number of rotatable bonds is 7. The van der Waals surface area contributed by atoms with Crippen LogP contribution in [-0.2, 0) is 11.3 Å². The van der Waals surface area contributed by atoms with Crippen molar-refractivity contribution in [1.29, 1.82) is 0 Å². The number of aromatic nitrogens is 4. The number of hydrogen-bond acceptors (Lipinski definition) is 6. The van der Waals surface area contributed by atoms with Crippen LogP contribution >= 0.6 is 11.5 Å². The minimum Gasteiger partial charge on any atom is -0.384 e. The Hall–Kier alpha value is -1.99. The van der Waals surface area contributed by atoms with E-state index in [1.54, 1.807) is 24.8 Å². The van der Waals surface area contributed by atoms with Crippen molar-refractivity contribution in [3.63, 3.8) is 0 Å². The summed E-state index contributed by atoms with van der Waals surface area (Å²) in [6.45, 7) is 2.59. The van der Waals surface area contributed by atoms with Gasteiger partial charge in [-0.05, 0) is 36.5 Å². The molecule has 120 valence electrons. The second-order valence-corrected chi connectivity index (χ2v) is 7.09. The summed E-state index contributed by atoms with van der Waals surface area (Å²) >= 11 is 1.54. The molecule has 6 nitrogen and oxygen atoms in total. The number of ether oxygens (including phenoxy) is 1. The SMILES string of the molecule is COCC1(CN(Cc2ccns2)c2ccnc3ccnn23)CC1. The average Bonchev–Trinajstić information content (AvgIpc) is 2.96. The summed E-state index contributed by atoms with van der Waals surface area (Å²) in [5.74, 6) is 1.07. The van der Waals surface area contributed by atoms with Crippen molar-refractivity contribution in [2.45, 2.75) is 19.4 Å². The molecule has 3 aromatic heterocycles. The zero-order valence-electron chi connectivity index (χ0n) is 13.1. The summed E-state index contributed by atoms with van der Waals surface area (Å²) < 4.78 is 11.6. The minimum absolute atomic E-state index is 0.266. The van der Waals surface area contributed by atoms with E-state index >= 15 is 0 Å². The van der Waals surface area contributed by atoms with Crippen LogP contribution in [0.15, 0.2) is 36.8 Å². The molecule has 1 saturated carbocycles. The van der Waals surface area contributed by atoms with E-state index < -0.39 is 0 Å². The number of nitrogens with zero attached hydrogens (tertiary/aromatic N) is 5. The summed E-state index contributed by atoms with van der Waals surface area (Å²) in [5.41, 5.74) is 1.13. The zero-order valence-corrected chi connectivity index (χ0v) is 13.9. The fourth-order valence-electron chi connectivity index (χ4n) is 3.03. The third-order valence-corrected chi connectivity index (χ3v) is 5.09. The molecule has 0 radical (unpaired) electrons. The molecule has 23 heavy (non-hydrogen) atoms. The Morgan fingerprint density at radius 3 is 2.91 bits per heavy atom. The first-order valence-electron chi connectivity index (χ1n) is 7.72. The van der Waals surface area contributed by atoms with Gasteiger partial charge in [-0.25, -0.2) is 9.36 Å². The molecule has 0 spiro atoms. The molecule has 0 aliphatic heterocycles. The molecule has 0 saturated heterocycles. The highest BCUT2D eigenvalue weighted by Crippen LogP contribution is 2.47. The van der Waals surface area contributed by atoms with Gasteiger partial charge in [0.2, 0.25) is 0 Å². The van der Waals surface area contributed by atoms with Gasteiger partial charge in [-0.2, -0.15) is 9.61 Å². The normalized spacial score (nSPS) is 15.9. The monoisotopic (exact) mass is 329 g/mol. The van der Waals surface area contributed by atoms with E-state index in [2.05, 4.69) is 25.4 Å². The first-order chi connectivity index (χ1) is 11.3. The first kappa shape index (κ1) is 14.6. The molecule has 0 N–H and O–H groups in total. The summed E-state index contributed by atoms with van der Waals surface area (Å²) in [5, 5.41) is 4.43. The van der Waals surface area contributed by atoms with Crippen LogP contribution in [0.4, 0.5) is 5.82 Å². The third-order valence-electron chi connectivity index (χ3n) is 4.37. The Bertz CT molecular complexity index is 781. The summed E-state index contributed by atoms with van der Waals surface area (Å²) in [6.07, 6.45) is 7.93. The second-order valence-electron chi connectivity index (χ2n) is 6.17. The van der Waals surface area contributed by atoms with Crippen molar-refractivity contribution in [3.8, 4) is 0 Å². The van der Waals surface area contributed by atoms with Crippen molar-refractivity contribution in [2.24, 2.45) is 5.41 Å². The predicted octanol–water partition coefficient (Wildman–Crippen LogP) is 2.62. The minimum atomic E-state index is 0.266. The Morgan fingerprint density at radius 1 is 1.26 bits per heavy atom. The van der Waals surface area contributed by atoms with E-state index in [9.17, 15) is 0 Å². The van der Waals surface area contributed by atoms with Crippen molar-refractivity contribution in [3.05, 3.63) is 41.7 Å². The van der Waals surface area contributed by atoms with Crippen LogP contribution in [-0.4, -0.2) is 39.2 Å². The lowest BCUT2D eigenvalue weighted by Gasteiger charge is -2.28. The Balaban J connectivity index is 1.68. The molecule has 7 heteroatoms. The molecular formula is C16H19N5OS. The zero-order chi connectivity index (χ0) is 15.7. The molecule has 0 unspecified atom stereocenters. The van der Waals surface area contributed by atoms with Gasteiger partial charge in [0.25, 0.3) is 0 Å². The first-order valence-corrected chi connectivity index (χ1v) is 8.49. The molecule has 0 bridgehead atoms. The fourth-order valence-corrected chi connectivity index (χ4v) is 3.62. The van der Waals surface area contributed by atoms with Gasteiger partial charge in [0.1, 0.15) is 5.82 Å². The topological polar surface area (TPSA) is 55.5 Å². The van der Waals surface area contributed by atoms with Crippen molar-refractivity contribution >= 4 is 23.0 Å². The van der Waals surface area contributed by atoms with Gasteiger partial charge in [-0.15, -0.1) is 0 Å². The molecule has 0 amide bonds. The number of hydrogen-bond donors (Lipinski definition) is 0. The van der Waals surface area contributed by atoms with Gasteiger partial charge < -0.3 is 9.64 Å². The highest BCUT2D eigenvalue weighted by Gasteiger charge is 2.44. The second kappa shape index (κ2) is 5.90. The molecule has 3 heterocycles. The van der Waals surface area contributed by atoms with Crippen LogP contribution in [0.3, 0.4) is 0 Å². The molecule has 3 aromatic rings. The largest absolute Gasteiger partial charge is 0.384 e. The van der Waals surface area contributed by atoms with Gasteiger partial charge in [0.05, 0.1) is 19.3 Å². The van der Waals surface area contributed by atoms with E-state index in [0.29, 0.717) is 0 Å². The van der Waals surface area contributed by atoms with Crippen molar-refractivity contribution in [2.75, 3.05) is 25.2 Å². The van der Waals surface area contributed by atoms with Crippen LogP contribution in [0.1, 0.15) is 17.7 Å². The maximum atomic E-state index is 5.44. The van der Waals surface area contributed by atoms with Crippen LogP contribution in [0.5, 0.6) is 0 Å². The van der Waals surface area contributed by atoms with Gasteiger partial charge in [-0.3, -0.25) is 0 Å². The average molecular weight is 329 g/mol. The quantitative estimate of drug-likeness (QED) is 0.667. The molecule has 0 atom stereocenters. The number of anilines is 1. The van der Waals surface area contributed by atoms with Gasteiger partial charge in [0, 0.05) is 42.4 Å². The lowest BCUT2D eigenvalue weighted by atomic mass is 10.1. The van der Waals surface area contributed by atoms with E-state index in [4.69, 9.17) is 4.74 Å². The van der Waals surface area contributed by atoms with Crippen molar-refractivity contribution in [1.82, 2.24) is 19.0 Å². The van der Waals surface area contributed by atoms with Crippen molar-refractivity contribution < 1.29 is 4.74 Å². The number of methoxy groups -OCH3 is 1. The smallest absolute Gasteiger partial charge is 0.157 e. The molecule has 4 rings (SSSR count). The molecule has 1 aliphatic rings. The lowest BCUT2D eigenvalue weighted by molar-refractivity contribution is 0.143. The van der Waals surface area contributed by atoms with Crippen LogP contribution < -0.4 is 4.90 Å². The van der Waals surface area contributed by atoms with E-state index in [1.807, 2.05) is 29.0 Å². The van der Waals surface area contributed by atoms with Gasteiger partial charge in [-0.1, -0.05) is 0 Å². The van der Waals surface area contributed by atoms with Crippen LogP contribution in [0, 0.1) is 5.41 Å². The lowest BCUT2D eigenvalue weighted by Crippen LogP contribution is -2.33. The molecule has 0 aromatic carbocycles. The Morgan fingerprint density at radius 2 is 2.17 bits per heavy atom. The summed E-state index contributed by atoms with van der Waals surface area (Å²) in [6, 6.07) is 6.04. The highest BCUT2D eigenvalue weighted by molar-refractivity contribution is 7.05. The summed E-state index contributed by atoms with van der Waals surface area (Å²) in [7, 11) is 1.78. The molecule has 1 fully saturated rings. The highest BCUT2D eigenvalue weighted by atomic mass is 32.1. The van der Waals surface area contributed by atoms with Gasteiger partial charge >= 0.3 is 0 Å². The van der Waals surface area contributed by atoms with E-state index in [1.165, 1.54) is 17.7 Å². The maximum Gasteiger partial charge on any atom is 0.157 e.